The van der Waals surface area contributed by atoms with Crippen LogP contribution in [0.25, 0.3) is 0 Å². The zero-order chi connectivity index (χ0) is 37.4. The molecule has 2 aliphatic rings. The lowest BCUT2D eigenvalue weighted by Crippen LogP contribution is -2.68. The second kappa shape index (κ2) is 18.5. The van der Waals surface area contributed by atoms with Gasteiger partial charge in [-0.2, -0.15) is 0 Å². The number of carbonyl (C=O) groups is 4. The van der Waals surface area contributed by atoms with Crippen molar-refractivity contribution in [1.82, 2.24) is 16.0 Å². The maximum Gasteiger partial charge on any atom is 0.364 e. The number of hydrogen-bond donors (Lipinski definition) is 14. The van der Waals surface area contributed by atoms with Gasteiger partial charge in [-0.3, -0.25) is 14.4 Å². The molecular formula is C27H47N3O19. The predicted molar refractivity (Wildman–Crippen MR) is 155 cm³/mol. The molecule has 0 aliphatic carbocycles. The van der Waals surface area contributed by atoms with Gasteiger partial charge < -0.3 is 91.1 Å². The first-order valence-electron chi connectivity index (χ1n) is 15.1. The summed E-state index contributed by atoms with van der Waals surface area (Å²) in [6, 6.07) is -4.67. The van der Waals surface area contributed by atoms with E-state index in [-0.39, 0.29) is 0 Å². The Kier molecular flexibility index (Phi) is 16.1. The van der Waals surface area contributed by atoms with E-state index in [9.17, 15) is 75.3 Å². The number of aliphatic hydroxyl groups is 10. The Hall–Kier alpha value is -2.68. The lowest BCUT2D eigenvalue weighted by atomic mass is 9.88. The van der Waals surface area contributed by atoms with Gasteiger partial charge in [0.25, 0.3) is 5.79 Å². The first-order valence-corrected chi connectivity index (χ1v) is 15.1. The summed E-state index contributed by atoms with van der Waals surface area (Å²) in [6.45, 7) is -0.929. The average Bonchev–Trinajstić information content (AvgIpc) is 3.03. The Balaban J connectivity index is 2.42. The molecule has 0 saturated carbocycles. The monoisotopic (exact) mass is 717 g/mol. The van der Waals surface area contributed by atoms with E-state index in [1.54, 1.807) is 0 Å². The van der Waals surface area contributed by atoms with E-state index < -0.39 is 148 Å². The van der Waals surface area contributed by atoms with Crippen molar-refractivity contribution >= 4 is 23.7 Å². The van der Waals surface area contributed by atoms with Crippen molar-refractivity contribution in [3.8, 4) is 0 Å². The van der Waals surface area contributed by atoms with Gasteiger partial charge in [0.15, 0.2) is 6.29 Å². The summed E-state index contributed by atoms with van der Waals surface area (Å²) < 4.78 is 22.0. The average molecular weight is 718 g/mol. The molecule has 2 aliphatic heterocycles. The molecule has 22 nitrogen and oxygen atoms in total. The second-order valence-electron chi connectivity index (χ2n) is 11.8. The SMILES string of the molecule is CC(=O)NC(CO)C(OC1OC(CO)C(O)C(O)C1NC(C)=O)C(O)C(O)COC1(C(=O)O)CC(O)C(NC(C)=O)C(C(O)C(O)CO)O1. The van der Waals surface area contributed by atoms with Gasteiger partial charge in [-0.15, -0.1) is 0 Å². The van der Waals surface area contributed by atoms with Crippen molar-refractivity contribution < 1.29 is 94.3 Å². The quantitative estimate of drug-likeness (QED) is 0.0664. The minimum absolute atomic E-state index is 0.744. The van der Waals surface area contributed by atoms with Crippen LogP contribution >= 0.6 is 0 Å². The Morgan fingerprint density at radius 1 is 0.857 bits per heavy atom. The van der Waals surface area contributed by atoms with E-state index in [0.29, 0.717) is 0 Å². The predicted octanol–water partition coefficient (Wildman–Crippen LogP) is -8.30. The Labute approximate surface area is 279 Å². The third-order valence-electron chi connectivity index (χ3n) is 7.93. The van der Waals surface area contributed by atoms with Crippen LogP contribution in [0.5, 0.6) is 0 Å². The molecule has 0 radical (unpaired) electrons. The van der Waals surface area contributed by atoms with E-state index in [2.05, 4.69) is 16.0 Å². The summed E-state index contributed by atoms with van der Waals surface area (Å²) in [5, 5.41) is 120. The molecular weight excluding hydrogens is 670 g/mol. The fraction of sp³-hybridized carbons (Fsp3) is 0.852. The molecule has 2 rings (SSSR count). The molecule has 2 fully saturated rings. The number of nitrogens with one attached hydrogen (secondary N) is 3. The van der Waals surface area contributed by atoms with E-state index in [0.717, 1.165) is 20.8 Å². The number of carbonyl (C=O) groups excluding carboxylic acids is 3. The highest BCUT2D eigenvalue weighted by Gasteiger charge is 2.56. The molecule has 0 aromatic heterocycles. The lowest BCUT2D eigenvalue weighted by Gasteiger charge is -2.47. The number of amides is 3. The largest absolute Gasteiger partial charge is 0.477 e. The molecule has 3 amide bonds. The Morgan fingerprint density at radius 3 is 1.94 bits per heavy atom. The number of aliphatic carboxylic acids is 1. The molecule has 15 unspecified atom stereocenters. The van der Waals surface area contributed by atoms with Gasteiger partial charge in [-0.1, -0.05) is 0 Å². The lowest BCUT2D eigenvalue weighted by molar-refractivity contribution is -0.320. The normalized spacial score (nSPS) is 34.1. The molecule has 0 bridgehead atoms. The zero-order valence-electron chi connectivity index (χ0n) is 26.8. The first kappa shape index (κ1) is 42.5. The van der Waals surface area contributed by atoms with Gasteiger partial charge in [0.2, 0.25) is 17.7 Å². The van der Waals surface area contributed by atoms with Gasteiger partial charge in [-0.05, 0) is 0 Å². The van der Waals surface area contributed by atoms with E-state index in [1.807, 2.05) is 0 Å². The third kappa shape index (κ3) is 10.7. The van der Waals surface area contributed by atoms with Crippen LogP contribution in [-0.4, -0.2) is 198 Å². The van der Waals surface area contributed by atoms with Crippen molar-refractivity contribution in [2.75, 3.05) is 26.4 Å². The second-order valence-corrected chi connectivity index (χ2v) is 11.8. The molecule has 15 atom stereocenters. The van der Waals surface area contributed by atoms with Crippen LogP contribution in [-0.2, 0) is 38.1 Å². The molecule has 0 aromatic rings. The first-order chi connectivity index (χ1) is 22.8. The number of hydrogen-bond acceptors (Lipinski definition) is 18. The molecule has 0 aromatic carbocycles. The summed E-state index contributed by atoms with van der Waals surface area (Å²) in [7, 11) is 0. The topological polar surface area (TPSA) is 364 Å². The molecule has 49 heavy (non-hydrogen) atoms. The fourth-order valence-electron chi connectivity index (χ4n) is 5.46. The number of rotatable bonds is 17. The number of carboxylic acids is 1. The van der Waals surface area contributed by atoms with Crippen molar-refractivity contribution in [3.63, 3.8) is 0 Å². The van der Waals surface area contributed by atoms with E-state index in [1.165, 1.54) is 0 Å². The molecule has 2 saturated heterocycles. The van der Waals surface area contributed by atoms with Crippen molar-refractivity contribution in [1.29, 1.82) is 0 Å². The van der Waals surface area contributed by atoms with Crippen molar-refractivity contribution in [3.05, 3.63) is 0 Å². The van der Waals surface area contributed by atoms with Crippen LogP contribution in [0.2, 0.25) is 0 Å². The van der Waals surface area contributed by atoms with E-state index in [4.69, 9.17) is 18.9 Å². The van der Waals surface area contributed by atoms with Gasteiger partial charge >= 0.3 is 5.97 Å². The summed E-state index contributed by atoms with van der Waals surface area (Å²) >= 11 is 0. The van der Waals surface area contributed by atoms with Crippen LogP contribution in [0.4, 0.5) is 0 Å². The van der Waals surface area contributed by atoms with Crippen LogP contribution in [0.15, 0.2) is 0 Å². The molecule has 2 heterocycles. The van der Waals surface area contributed by atoms with Crippen LogP contribution in [0.3, 0.4) is 0 Å². The van der Waals surface area contributed by atoms with Crippen LogP contribution in [0.1, 0.15) is 27.2 Å². The number of aliphatic hydroxyl groups excluding tert-OH is 10. The van der Waals surface area contributed by atoms with Gasteiger partial charge in [0, 0.05) is 27.2 Å². The third-order valence-corrected chi connectivity index (χ3v) is 7.93. The maximum absolute atomic E-state index is 12.4. The van der Waals surface area contributed by atoms with Gasteiger partial charge in [-0.25, -0.2) is 4.79 Å². The number of carboxylic acid groups (broad SMARTS) is 1. The number of ether oxygens (including phenoxy) is 4. The maximum atomic E-state index is 12.4. The highest BCUT2D eigenvalue weighted by atomic mass is 16.7. The van der Waals surface area contributed by atoms with Crippen molar-refractivity contribution in [2.24, 2.45) is 0 Å². The van der Waals surface area contributed by atoms with Gasteiger partial charge in [0.05, 0.1) is 44.6 Å². The molecule has 284 valence electrons. The van der Waals surface area contributed by atoms with Gasteiger partial charge in [0.1, 0.15) is 61.0 Å². The van der Waals surface area contributed by atoms with E-state index >= 15 is 0 Å². The smallest absolute Gasteiger partial charge is 0.364 e. The summed E-state index contributed by atoms with van der Waals surface area (Å²) in [6.07, 6.45) is -22.0. The van der Waals surface area contributed by atoms with Crippen molar-refractivity contribution in [2.45, 2.75) is 118 Å². The summed E-state index contributed by atoms with van der Waals surface area (Å²) in [5.41, 5.74) is 0. The summed E-state index contributed by atoms with van der Waals surface area (Å²) in [5.74, 6) is -7.11. The molecule has 22 heteroatoms. The Bertz CT molecular complexity index is 1120. The highest BCUT2D eigenvalue weighted by Crippen LogP contribution is 2.34. The zero-order valence-corrected chi connectivity index (χ0v) is 26.8. The minimum Gasteiger partial charge on any atom is -0.477 e. The summed E-state index contributed by atoms with van der Waals surface area (Å²) in [4.78, 5) is 47.9. The highest BCUT2D eigenvalue weighted by molar-refractivity contribution is 5.76. The molecule has 14 N–H and O–H groups in total. The fourth-order valence-corrected chi connectivity index (χ4v) is 5.46. The molecule has 0 spiro atoms. The standard InChI is InChI=1S/C27H47N3O19/c1-9(34)28-12(5-31)23(48-25-18(30-11(3)36)22(43)21(42)16(7-33)47-25)20(41)15(39)8-46-27(26(44)45)4-13(37)17(29-10(2)35)24(49-27)19(40)14(38)6-32/h12-25,31-33,37-43H,4-8H2,1-3H3,(H,28,34)(H,29,35)(H,30,36)(H,44,45). The van der Waals surface area contributed by atoms with Crippen LogP contribution in [0, 0.1) is 0 Å². The van der Waals surface area contributed by atoms with Crippen LogP contribution < -0.4 is 16.0 Å². The Morgan fingerprint density at radius 2 is 1.45 bits per heavy atom. The minimum atomic E-state index is -2.92.